The highest BCUT2D eigenvalue weighted by Gasteiger charge is 2.22. The lowest BCUT2D eigenvalue weighted by atomic mass is 10.0. The van der Waals surface area contributed by atoms with E-state index in [-0.39, 0.29) is 6.04 Å². The Morgan fingerprint density at radius 1 is 1.22 bits per heavy atom. The van der Waals surface area contributed by atoms with E-state index in [4.69, 9.17) is 4.99 Å². The summed E-state index contributed by atoms with van der Waals surface area (Å²) in [6, 6.07) is 16.4. The standard InChI is InChI=1S/C24H30N8/c1-2-26-24(27-14-7-13-23-30-29-22-12-5-6-16-32(22)23)28-20-10-8-15-31(18-20)21-11-4-3-9-19(21)17-25/h3-6,9,11-12,16,20H,2,7-8,10,13-15,18H2,1H3,(H2,26,27,28). The third-order valence-corrected chi connectivity index (χ3v) is 5.68. The Labute approximate surface area is 189 Å². The molecule has 0 aliphatic carbocycles. The number of anilines is 1. The van der Waals surface area contributed by atoms with Crippen LogP contribution < -0.4 is 15.5 Å². The molecule has 1 atom stereocenters. The molecular formula is C24H30N8. The first kappa shape index (κ1) is 21.6. The van der Waals surface area contributed by atoms with Crippen LogP contribution in [0.2, 0.25) is 0 Å². The van der Waals surface area contributed by atoms with Gasteiger partial charge in [-0.25, -0.2) is 0 Å². The molecule has 0 spiro atoms. The number of nitriles is 1. The maximum absolute atomic E-state index is 9.45. The van der Waals surface area contributed by atoms with E-state index in [9.17, 15) is 5.26 Å². The molecule has 32 heavy (non-hydrogen) atoms. The highest BCUT2D eigenvalue weighted by Crippen LogP contribution is 2.23. The van der Waals surface area contributed by atoms with Crippen molar-refractivity contribution in [2.24, 2.45) is 4.99 Å². The van der Waals surface area contributed by atoms with Crippen LogP contribution in [-0.4, -0.2) is 52.8 Å². The fraction of sp³-hybridized carbons (Fsp3) is 0.417. The second-order valence-corrected chi connectivity index (χ2v) is 7.97. The van der Waals surface area contributed by atoms with Gasteiger partial charge in [-0.3, -0.25) is 9.39 Å². The summed E-state index contributed by atoms with van der Waals surface area (Å²) < 4.78 is 2.03. The van der Waals surface area contributed by atoms with Gasteiger partial charge in [-0.15, -0.1) is 10.2 Å². The molecule has 1 aromatic carbocycles. The number of hydrogen-bond donors (Lipinski definition) is 2. The predicted octanol–water partition coefficient (Wildman–Crippen LogP) is 2.76. The zero-order valence-corrected chi connectivity index (χ0v) is 18.5. The molecule has 3 heterocycles. The first-order valence-electron chi connectivity index (χ1n) is 11.4. The lowest BCUT2D eigenvalue weighted by molar-refractivity contribution is 0.468. The molecule has 0 amide bonds. The van der Waals surface area contributed by atoms with Gasteiger partial charge in [-0.2, -0.15) is 5.26 Å². The van der Waals surface area contributed by atoms with Crippen LogP contribution in [0.15, 0.2) is 53.7 Å². The molecule has 2 N–H and O–H groups in total. The van der Waals surface area contributed by atoms with Crippen LogP contribution in [-0.2, 0) is 6.42 Å². The van der Waals surface area contributed by atoms with E-state index < -0.39 is 0 Å². The number of fused-ring (bicyclic) bond motifs is 1. The van der Waals surface area contributed by atoms with E-state index in [2.05, 4.69) is 38.7 Å². The Morgan fingerprint density at radius 2 is 2.09 bits per heavy atom. The quantitative estimate of drug-likeness (QED) is 0.340. The van der Waals surface area contributed by atoms with Crippen LogP contribution in [0.25, 0.3) is 5.65 Å². The minimum atomic E-state index is 0.286. The Balaban J connectivity index is 1.34. The third-order valence-electron chi connectivity index (χ3n) is 5.68. The number of rotatable bonds is 7. The Bertz CT molecular complexity index is 1100. The van der Waals surface area contributed by atoms with Gasteiger partial charge in [0.2, 0.25) is 0 Å². The first-order valence-corrected chi connectivity index (χ1v) is 11.4. The number of benzene rings is 1. The molecule has 1 saturated heterocycles. The molecule has 8 nitrogen and oxygen atoms in total. The Hall–Kier alpha value is -3.60. The number of pyridine rings is 1. The molecule has 4 rings (SSSR count). The molecule has 8 heteroatoms. The van der Waals surface area contributed by atoms with Gasteiger partial charge in [0.1, 0.15) is 11.9 Å². The van der Waals surface area contributed by atoms with Crippen molar-refractivity contribution in [3.05, 3.63) is 60.0 Å². The molecule has 3 aromatic rings. The smallest absolute Gasteiger partial charge is 0.191 e. The average Bonchev–Trinajstić information content (AvgIpc) is 3.25. The summed E-state index contributed by atoms with van der Waals surface area (Å²) >= 11 is 0. The van der Waals surface area contributed by atoms with E-state index in [1.165, 1.54) is 0 Å². The minimum absolute atomic E-state index is 0.286. The number of aryl methyl sites for hydroxylation is 1. The van der Waals surface area contributed by atoms with Crippen molar-refractivity contribution in [3.63, 3.8) is 0 Å². The number of hydrogen-bond acceptors (Lipinski definition) is 5. The van der Waals surface area contributed by atoms with Crippen LogP contribution >= 0.6 is 0 Å². The fourth-order valence-corrected chi connectivity index (χ4v) is 4.16. The molecule has 1 unspecified atom stereocenters. The van der Waals surface area contributed by atoms with Crippen LogP contribution in [0.1, 0.15) is 37.6 Å². The number of guanidine groups is 1. The van der Waals surface area contributed by atoms with Crippen molar-refractivity contribution in [1.29, 1.82) is 5.26 Å². The summed E-state index contributed by atoms with van der Waals surface area (Å²) in [6.45, 7) is 5.43. The maximum Gasteiger partial charge on any atom is 0.191 e. The van der Waals surface area contributed by atoms with Gasteiger partial charge in [-0.1, -0.05) is 18.2 Å². The molecule has 1 fully saturated rings. The van der Waals surface area contributed by atoms with E-state index in [0.29, 0.717) is 6.54 Å². The maximum atomic E-state index is 9.45. The first-order chi connectivity index (χ1) is 15.8. The van der Waals surface area contributed by atoms with Crippen molar-refractivity contribution in [2.45, 2.75) is 38.6 Å². The van der Waals surface area contributed by atoms with Crippen LogP contribution in [0.3, 0.4) is 0 Å². The second kappa shape index (κ2) is 10.6. The molecule has 2 aromatic heterocycles. The van der Waals surface area contributed by atoms with Crippen LogP contribution in [0, 0.1) is 11.3 Å². The van der Waals surface area contributed by atoms with Crippen LogP contribution in [0.5, 0.6) is 0 Å². The highest BCUT2D eigenvalue weighted by molar-refractivity contribution is 5.80. The number of piperidine rings is 1. The zero-order chi connectivity index (χ0) is 22.2. The summed E-state index contributed by atoms with van der Waals surface area (Å²) in [6.07, 6.45) is 5.89. The minimum Gasteiger partial charge on any atom is -0.368 e. The summed E-state index contributed by atoms with van der Waals surface area (Å²) in [5.74, 6) is 1.81. The normalized spacial score (nSPS) is 16.7. The van der Waals surface area contributed by atoms with Gasteiger partial charge in [0.25, 0.3) is 0 Å². The lowest BCUT2D eigenvalue weighted by Gasteiger charge is -2.35. The molecule has 166 valence electrons. The number of para-hydroxylation sites is 1. The summed E-state index contributed by atoms with van der Waals surface area (Å²) in [5.41, 5.74) is 2.62. The number of nitrogens with one attached hydrogen (secondary N) is 2. The van der Waals surface area contributed by atoms with Gasteiger partial charge in [0, 0.05) is 44.8 Å². The van der Waals surface area contributed by atoms with E-state index in [1.54, 1.807) is 0 Å². The highest BCUT2D eigenvalue weighted by atomic mass is 15.2. The van der Waals surface area contributed by atoms with Gasteiger partial charge in [0.15, 0.2) is 11.6 Å². The third kappa shape index (κ3) is 5.17. The number of aliphatic imine (C=N–C) groups is 1. The van der Waals surface area contributed by atoms with Crippen molar-refractivity contribution >= 4 is 17.3 Å². The summed E-state index contributed by atoms with van der Waals surface area (Å²) in [4.78, 5) is 7.09. The summed E-state index contributed by atoms with van der Waals surface area (Å²) in [5, 5.41) is 24.9. The lowest BCUT2D eigenvalue weighted by Crippen LogP contribution is -2.51. The Kier molecular flexibility index (Phi) is 7.18. The Morgan fingerprint density at radius 3 is 2.97 bits per heavy atom. The van der Waals surface area contributed by atoms with Crippen molar-refractivity contribution in [3.8, 4) is 6.07 Å². The molecule has 0 bridgehead atoms. The summed E-state index contributed by atoms with van der Waals surface area (Å²) in [7, 11) is 0. The number of aromatic nitrogens is 3. The zero-order valence-electron chi connectivity index (χ0n) is 18.5. The predicted molar refractivity (Wildman–Crippen MR) is 127 cm³/mol. The van der Waals surface area contributed by atoms with Crippen molar-refractivity contribution < 1.29 is 0 Å². The van der Waals surface area contributed by atoms with Gasteiger partial charge >= 0.3 is 0 Å². The van der Waals surface area contributed by atoms with E-state index in [0.717, 1.165) is 74.0 Å². The molecule has 1 aliphatic heterocycles. The van der Waals surface area contributed by atoms with Crippen molar-refractivity contribution in [1.82, 2.24) is 25.2 Å². The largest absolute Gasteiger partial charge is 0.368 e. The second-order valence-electron chi connectivity index (χ2n) is 7.97. The van der Waals surface area contributed by atoms with E-state index in [1.807, 2.05) is 53.1 Å². The topological polar surface area (TPSA) is 93.6 Å². The average molecular weight is 431 g/mol. The number of nitrogens with zero attached hydrogens (tertiary/aromatic N) is 6. The van der Waals surface area contributed by atoms with Crippen LogP contribution in [0.4, 0.5) is 5.69 Å². The van der Waals surface area contributed by atoms with Crippen molar-refractivity contribution in [2.75, 3.05) is 31.1 Å². The van der Waals surface area contributed by atoms with E-state index >= 15 is 0 Å². The molecule has 1 aliphatic rings. The van der Waals surface area contributed by atoms with Gasteiger partial charge in [0.05, 0.1) is 11.3 Å². The monoisotopic (exact) mass is 430 g/mol. The SMILES string of the molecule is CCNC(=NCCCc1nnc2ccccn12)NC1CCCN(c2ccccc2C#N)C1. The van der Waals surface area contributed by atoms with Gasteiger partial charge < -0.3 is 15.5 Å². The fourth-order valence-electron chi connectivity index (χ4n) is 4.16. The molecule has 0 radical (unpaired) electrons. The van der Waals surface area contributed by atoms with Gasteiger partial charge in [-0.05, 0) is 50.5 Å². The molecule has 0 saturated carbocycles. The molecular weight excluding hydrogens is 400 g/mol.